The van der Waals surface area contributed by atoms with Crippen molar-refractivity contribution in [1.82, 2.24) is 0 Å². The van der Waals surface area contributed by atoms with Crippen molar-refractivity contribution in [3.05, 3.63) is 83.6 Å². The molecule has 0 aliphatic rings. The van der Waals surface area contributed by atoms with Gasteiger partial charge in [-0.3, -0.25) is 0 Å². The molecule has 0 aromatic carbocycles. The van der Waals surface area contributed by atoms with Crippen LogP contribution in [0.15, 0.2) is 83.6 Å². The van der Waals surface area contributed by atoms with E-state index in [1.54, 1.807) is 49.4 Å². The smallest absolute Gasteiger partial charge is 0.347 e. The van der Waals surface area contributed by atoms with Crippen LogP contribution in [0.1, 0.15) is 20.8 Å². The van der Waals surface area contributed by atoms with Gasteiger partial charge in [0.15, 0.2) is 0 Å². The third-order valence-electron chi connectivity index (χ3n) is 2.73. The van der Waals surface area contributed by atoms with E-state index in [0.29, 0.717) is 16.7 Å². The SMILES string of the molecule is C=CC(=C\C=C/C)/C(=C(/C#N)C(=O)O)C(/C=C\C=C/C)=C/C. The van der Waals surface area contributed by atoms with Gasteiger partial charge in [0.2, 0.25) is 0 Å². The third-order valence-corrected chi connectivity index (χ3v) is 2.73. The highest BCUT2D eigenvalue weighted by molar-refractivity contribution is 5.95. The molecule has 0 aliphatic heterocycles. The highest BCUT2D eigenvalue weighted by atomic mass is 16.4. The first kappa shape index (κ1) is 19.1. The van der Waals surface area contributed by atoms with Crippen LogP contribution < -0.4 is 0 Å². The molecule has 0 radical (unpaired) electrons. The molecule has 0 aromatic heterocycles. The predicted molar refractivity (Wildman–Crippen MR) is 91.1 cm³/mol. The van der Waals surface area contributed by atoms with Gasteiger partial charge in [0.05, 0.1) is 0 Å². The van der Waals surface area contributed by atoms with Crippen molar-refractivity contribution in [1.29, 1.82) is 5.26 Å². The predicted octanol–water partition coefficient (Wildman–Crippen LogP) is 4.66. The Bertz CT molecular complexity index is 633. The van der Waals surface area contributed by atoms with Crippen molar-refractivity contribution >= 4 is 5.97 Å². The van der Waals surface area contributed by atoms with E-state index < -0.39 is 5.97 Å². The number of nitrogens with zero attached hydrogens (tertiary/aromatic N) is 1. The zero-order valence-corrected chi connectivity index (χ0v) is 13.2. The fourth-order valence-corrected chi connectivity index (χ4v) is 1.71. The summed E-state index contributed by atoms with van der Waals surface area (Å²) in [5.41, 5.74) is 1.27. The Balaban J connectivity index is 6.42. The van der Waals surface area contributed by atoms with Gasteiger partial charge in [0, 0.05) is 5.57 Å². The van der Waals surface area contributed by atoms with Gasteiger partial charge >= 0.3 is 5.97 Å². The van der Waals surface area contributed by atoms with Crippen LogP contribution >= 0.6 is 0 Å². The second-order valence-electron chi connectivity index (χ2n) is 4.15. The van der Waals surface area contributed by atoms with Crippen molar-refractivity contribution in [3.63, 3.8) is 0 Å². The zero-order chi connectivity index (χ0) is 17.0. The Morgan fingerprint density at radius 1 is 1.09 bits per heavy atom. The number of nitriles is 1. The number of allylic oxidation sites excluding steroid dienone is 12. The molecule has 0 rings (SSSR count). The molecular formula is C19H21NO2. The summed E-state index contributed by atoms with van der Waals surface area (Å²) in [6.07, 6.45) is 15.9. The summed E-state index contributed by atoms with van der Waals surface area (Å²) in [5, 5.41) is 18.5. The largest absolute Gasteiger partial charge is 0.477 e. The van der Waals surface area contributed by atoms with Gasteiger partial charge in [-0.2, -0.15) is 5.26 Å². The quantitative estimate of drug-likeness (QED) is 0.422. The van der Waals surface area contributed by atoms with Gasteiger partial charge in [-0.05, 0) is 31.9 Å². The first-order valence-electron chi connectivity index (χ1n) is 6.86. The topological polar surface area (TPSA) is 61.1 Å². The van der Waals surface area contributed by atoms with Crippen LogP contribution in [0.4, 0.5) is 0 Å². The third kappa shape index (κ3) is 5.64. The van der Waals surface area contributed by atoms with Crippen LogP contribution in [0.25, 0.3) is 0 Å². The maximum absolute atomic E-state index is 11.4. The summed E-state index contributed by atoms with van der Waals surface area (Å²) in [4.78, 5) is 11.4. The molecule has 22 heavy (non-hydrogen) atoms. The minimum atomic E-state index is -1.26. The van der Waals surface area contributed by atoms with Crippen molar-refractivity contribution < 1.29 is 9.90 Å². The number of hydrogen-bond acceptors (Lipinski definition) is 2. The van der Waals surface area contributed by atoms with Gasteiger partial charge in [-0.15, -0.1) is 0 Å². The molecule has 0 aromatic rings. The highest BCUT2D eigenvalue weighted by Crippen LogP contribution is 2.26. The fraction of sp³-hybridized carbons (Fsp3) is 0.158. The number of carbonyl (C=O) groups is 1. The maximum Gasteiger partial charge on any atom is 0.347 e. The first-order chi connectivity index (χ1) is 10.6. The Hall–Kier alpha value is -2.86. The summed E-state index contributed by atoms with van der Waals surface area (Å²) in [6, 6.07) is 1.77. The molecule has 0 spiro atoms. The normalized spacial score (nSPS) is 14.5. The Labute approximate surface area is 132 Å². The van der Waals surface area contributed by atoms with Crippen molar-refractivity contribution in [2.75, 3.05) is 0 Å². The van der Waals surface area contributed by atoms with E-state index in [2.05, 4.69) is 6.58 Å². The summed E-state index contributed by atoms with van der Waals surface area (Å²) in [7, 11) is 0. The van der Waals surface area contributed by atoms with E-state index in [4.69, 9.17) is 0 Å². The molecule has 0 amide bonds. The second-order valence-corrected chi connectivity index (χ2v) is 4.15. The molecule has 0 unspecified atom stereocenters. The standard InChI is InChI=1S/C19H21NO2/c1-5-9-11-13-16(8-4)18(17(14-20)19(21)22)15(7-3)12-10-6-2/h5-13H,3H2,1-2,4H3,(H,21,22)/b9-5-,10-6-,13-11-,15-12+,16-8+,18-17+. The molecule has 0 heterocycles. The summed E-state index contributed by atoms with van der Waals surface area (Å²) < 4.78 is 0. The Morgan fingerprint density at radius 3 is 2.14 bits per heavy atom. The average molecular weight is 295 g/mol. The number of aliphatic carboxylic acids is 1. The molecule has 0 saturated heterocycles. The van der Waals surface area contributed by atoms with Crippen LogP contribution in [0.3, 0.4) is 0 Å². The number of carboxylic acids is 1. The van der Waals surface area contributed by atoms with E-state index in [-0.39, 0.29) is 5.57 Å². The van der Waals surface area contributed by atoms with E-state index >= 15 is 0 Å². The Kier molecular flexibility index (Phi) is 9.46. The highest BCUT2D eigenvalue weighted by Gasteiger charge is 2.18. The van der Waals surface area contributed by atoms with Crippen LogP contribution in [-0.2, 0) is 4.79 Å². The fourth-order valence-electron chi connectivity index (χ4n) is 1.71. The Morgan fingerprint density at radius 2 is 1.73 bits per heavy atom. The van der Waals surface area contributed by atoms with Crippen molar-refractivity contribution in [2.45, 2.75) is 20.8 Å². The molecule has 0 bridgehead atoms. The van der Waals surface area contributed by atoms with E-state index in [1.165, 1.54) is 0 Å². The first-order valence-corrected chi connectivity index (χ1v) is 6.86. The number of carboxylic acid groups (broad SMARTS) is 1. The minimum Gasteiger partial charge on any atom is -0.477 e. The van der Waals surface area contributed by atoms with Crippen LogP contribution in [0.5, 0.6) is 0 Å². The molecule has 3 heteroatoms. The van der Waals surface area contributed by atoms with E-state index in [1.807, 2.05) is 32.1 Å². The second kappa shape index (κ2) is 10.9. The molecule has 0 atom stereocenters. The van der Waals surface area contributed by atoms with E-state index in [0.717, 1.165) is 0 Å². The summed E-state index contributed by atoms with van der Waals surface area (Å²) in [6.45, 7) is 9.25. The van der Waals surface area contributed by atoms with Gasteiger partial charge in [0.25, 0.3) is 0 Å². The number of rotatable bonds is 7. The summed E-state index contributed by atoms with van der Waals surface area (Å²) >= 11 is 0. The van der Waals surface area contributed by atoms with Gasteiger partial charge in [-0.1, -0.05) is 61.3 Å². The number of hydrogen-bond donors (Lipinski definition) is 1. The van der Waals surface area contributed by atoms with Crippen molar-refractivity contribution in [3.8, 4) is 6.07 Å². The zero-order valence-electron chi connectivity index (χ0n) is 13.2. The lowest BCUT2D eigenvalue weighted by Crippen LogP contribution is -2.06. The van der Waals surface area contributed by atoms with Crippen LogP contribution in [0, 0.1) is 11.3 Å². The van der Waals surface area contributed by atoms with E-state index in [9.17, 15) is 15.2 Å². The lowest BCUT2D eigenvalue weighted by atomic mass is 9.91. The molecule has 0 saturated carbocycles. The monoisotopic (exact) mass is 295 g/mol. The average Bonchev–Trinajstić information content (AvgIpc) is 2.51. The lowest BCUT2D eigenvalue weighted by Gasteiger charge is -2.11. The van der Waals surface area contributed by atoms with Crippen LogP contribution in [-0.4, -0.2) is 11.1 Å². The minimum absolute atomic E-state index is 0.311. The molecule has 1 N–H and O–H groups in total. The lowest BCUT2D eigenvalue weighted by molar-refractivity contribution is -0.132. The summed E-state index contributed by atoms with van der Waals surface area (Å²) in [5.74, 6) is -1.26. The molecule has 0 fully saturated rings. The molecule has 114 valence electrons. The van der Waals surface area contributed by atoms with Gasteiger partial charge in [-0.25, -0.2) is 4.79 Å². The van der Waals surface area contributed by atoms with Gasteiger partial charge < -0.3 is 5.11 Å². The maximum atomic E-state index is 11.4. The van der Waals surface area contributed by atoms with Crippen LogP contribution in [0.2, 0.25) is 0 Å². The van der Waals surface area contributed by atoms with Crippen molar-refractivity contribution in [2.24, 2.45) is 0 Å². The van der Waals surface area contributed by atoms with Gasteiger partial charge in [0.1, 0.15) is 11.6 Å². The molecule has 0 aliphatic carbocycles. The molecular weight excluding hydrogens is 274 g/mol. The molecule has 3 nitrogen and oxygen atoms in total.